The van der Waals surface area contributed by atoms with Crippen LogP contribution in [0.4, 0.5) is 5.69 Å². The molecule has 0 unspecified atom stereocenters. The third-order valence-electron chi connectivity index (χ3n) is 4.51. The standard InChI is InChI=1S/C21H23NO4S/c1-3-16-7-5-6-8-20(16)22(18-13-14-27(24,25)15-18)21(23)17-9-11-19(12-10-17)26-4-2/h5-14,18H,3-4,15H2,1-2H3/t18-/m0/s1. The number of hydrogen-bond donors (Lipinski definition) is 0. The Balaban J connectivity index is 2.01. The van der Waals surface area contributed by atoms with Gasteiger partial charge in [-0.3, -0.25) is 4.79 Å². The lowest BCUT2D eigenvalue weighted by Crippen LogP contribution is -2.41. The van der Waals surface area contributed by atoms with Crippen LogP contribution in [0.25, 0.3) is 0 Å². The van der Waals surface area contributed by atoms with E-state index in [1.807, 2.05) is 38.1 Å². The number of carbonyl (C=O) groups is 1. The van der Waals surface area contributed by atoms with E-state index in [0.29, 0.717) is 17.9 Å². The molecule has 0 radical (unpaired) electrons. The Hall–Kier alpha value is -2.60. The van der Waals surface area contributed by atoms with Gasteiger partial charge in [0.05, 0.1) is 18.4 Å². The number of rotatable bonds is 6. The molecule has 1 aliphatic heterocycles. The number of sulfone groups is 1. The highest BCUT2D eigenvalue weighted by molar-refractivity contribution is 7.94. The van der Waals surface area contributed by atoms with Crippen LogP contribution in [0.15, 0.2) is 60.0 Å². The van der Waals surface area contributed by atoms with E-state index in [0.717, 1.165) is 17.7 Å². The Morgan fingerprint density at radius 2 is 1.81 bits per heavy atom. The lowest BCUT2D eigenvalue weighted by atomic mass is 10.1. The number of carbonyl (C=O) groups excluding carboxylic acids is 1. The van der Waals surface area contributed by atoms with E-state index >= 15 is 0 Å². The zero-order valence-corrected chi connectivity index (χ0v) is 16.3. The second kappa shape index (κ2) is 7.96. The van der Waals surface area contributed by atoms with Crippen molar-refractivity contribution in [3.63, 3.8) is 0 Å². The second-order valence-electron chi connectivity index (χ2n) is 6.34. The van der Waals surface area contributed by atoms with Gasteiger partial charge < -0.3 is 9.64 Å². The summed E-state index contributed by atoms with van der Waals surface area (Å²) in [6, 6.07) is 14.0. The molecule has 1 atom stereocenters. The third kappa shape index (κ3) is 4.22. The fourth-order valence-corrected chi connectivity index (χ4v) is 4.47. The summed E-state index contributed by atoms with van der Waals surface area (Å²) in [6.07, 6.45) is 2.33. The molecule has 5 nitrogen and oxygen atoms in total. The van der Waals surface area contributed by atoms with E-state index in [4.69, 9.17) is 4.74 Å². The number of ether oxygens (including phenoxy) is 1. The molecule has 3 rings (SSSR count). The van der Waals surface area contributed by atoms with E-state index in [1.165, 1.54) is 5.41 Å². The monoisotopic (exact) mass is 385 g/mol. The van der Waals surface area contributed by atoms with Gasteiger partial charge in [0.15, 0.2) is 9.84 Å². The summed E-state index contributed by atoms with van der Waals surface area (Å²) < 4.78 is 29.4. The summed E-state index contributed by atoms with van der Waals surface area (Å²) in [5.74, 6) is 0.358. The number of benzene rings is 2. The summed E-state index contributed by atoms with van der Waals surface area (Å²) in [6.45, 7) is 4.46. The number of para-hydroxylation sites is 1. The highest BCUT2D eigenvalue weighted by atomic mass is 32.2. The van der Waals surface area contributed by atoms with Crippen molar-refractivity contribution >= 4 is 21.4 Å². The van der Waals surface area contributed by atoms with Crippen LogP contribution in [0.2, 0.25) is 0 Å². The van der Waals surface area contributed by atoms with Crippen LogP contribution in [0.5, 0.6) is 5.75 Å². The Kier molecular flexibility index (Phi) is 5.65. The lowest BCUT2D eigenvalue weighted by molar-refractivity contribution is 0.0983. The largest absolute Gasteiger partial charge is 0.494 e. The van der Waals surface area contributed by atoms with Crippen molar-refractivity contribution in [2.24, 2.45) is 0 Å². The highest BCUT2D eigenvalue weighted by Gasteiger charge is 2.32. The predicted octanol–water partition coefficient (Wildman–Crippen LogP) is 3.61. The first-order chi connectivity index (χ1) is 12.9. The van der Waals surface area contributed by atoms with Gasteiger partial charge in [-0.05, 0) is 55.3 Å². The van der Waals surface area contributed by atoms with E-state index in [1.54, 1.807) is 35.2 Å². The molecule has 1 aliphatic rings. The van der Waals surface area contributed by atoms with Gasteiger partial charge in [0, 0.05) is 16.7 Å². The van der Waals surface area contributed by atoms with Crippen molar-refractivity contribution in [1.29, 1.82) is 0 Å². The first-order valence-electron chi connectivity index (χ1n) is 9.00. The normalized spacial score (nSPS) is 17.6. The van der Waals surface area contributed by atoms with Crippen molar-refractivity contribution in [2.75, 3.05) is 17.3 Å². The smallest absolute Gasteiger partial charge is 0.258 e. The van der Waals surface area contributed by atoms with Crippen molar-refractivity contribution in [3.05, 3.63) is 71.1 Å². The van der Waals surface area contributed by atoms with Gasteiger partial charge in [0.1, 0.15) is 5.75 Å². The molecular weight excluding hydrogens is 362 g/mol. The molecule has 0 aromatic heterocycles. The molecule has 2 aromatic rings. The van der Waals surface area contributed by atoms with Crippen LogP contribution in [0.1, 0.15) is 29.8 Å². The number of nitrogens with zero attached hydrogens (tertiary/aromatic N) is 1. The third-order valence-corrected chi connectivity index (χ3v) is 5.88. The molecule has 0 saturated heterocycles. The van der Waals surface area contributed by atoms with E-state index in [-0.39, 0.29) is 11.7 Å². The molecule has 6 heteroatoms. The van der Waals surface area contributed by atoms with Crippen LogP contribution in [-0.2, 0) is 16.3 Å². The van der Waals surface area contributed by atoms with Gasteiger partial charge >= 0.3 is 0 Å². The summed E-state index contributed by atoms with van der Waals surface area (Å²) in [5.41, 5.74) is 2.22. The SMILES string of the molecule is CCOc1ccc(C(=O)N(c2ccccc2CC)[C@H]2C=CS(=O)(=O)C2)cc1. The predicted molar refractivity (Wildman–Crippen MR) is 107 cm³/mol. The minimum Gasteiger partial charge on any atom is -0.494 e. The summed E-state index contributed by atoms with van der Waals surface area (Å²) >= 11 is 0. The maximum Gasteiger partial charge on any atom is 0.258 e. The summed E-state index contributed by atoms with van der Waals surface area (Å²) in [7, 11) is -3.29. The van der Waals surface area contributed by atoms with Crippen molar-refractivity contribution in [2.45, 2.75) is 26.3 Å². The Bertz CT molecular complexity index is 948. The van der Waals surface area contributed by atoms with Gasteiger partial charge in [0.25, 0.3) is 5.91 Å². The van der Waals surface area contributed by atoms with Crippen molar-refractivity contribution in [3.8, 4) is 5.75 Å². The van der Waals surface area contributed by atoms with E-state index < -0.39 is 15.9 Å². The second-order valence-corrected chi connectivity index (χ2v) is 8.27. The maximum absolute atomic E-state index is 13.3. The van der Waals surface area contributed by atoms with Gasteiger partial charge in [-0.1, -0.05) is 25.1 Å². The summed E-state index contributed by atoms with van der Waals surface area (Å²) in [4.78, 5) is 14.9. The van der Waals surface area contributed by atoms with Gasteiger partial charge in [-0.2, -0.15) is 0 Å². The van der Waals surface area contributed by atoms with Gasteiger partial charge in [-0.15, -0.1) is 0 Å². The van der Waals surface area contributed by atoms with E-state index in [9.17, 15) is 13.2 Å². The molecule has 142 valence electrons. The van der Waals surface area contributed by atoms with Gasteiger partial charge in [-0.25, -0.2) is 8.42 Å². The Morgan fingerprint density at radius 3 is 2.41 bits per heavy atom. The number of aryl methyl sites for hydroxylation is 1. The van der Waals surface area contributed by atoms with Gasteiger partial charge in [0.2, 0.25) is 0 Å². The molecule has 2 aromatic carbocycles. The molecule has 1 heterocycles. The average molecular weight is 385 g/mol. The highest BCUT2D eigenvalue weighted by Crippen LogP contribution is 2.29. The topological polar surface area (TPSA) is 63.7 Å². The first-order valence-corrected chi connectivity index (χ1v) is 10.7. The van der Waals surface area contributed by atoms with Crippen LogP contribution in [0, 0.1) is 0 Å². The van der Waals surface area contributed by atoms with Crippen LogP contribution in [0.3, 0.4) is 0 Å². The Morgan fingerprint density at radius 1 is 1.11 bits per heavy atom. The summed E-state index contributed by atoms with van der Waals surface area (Å²) in [5, 5.41) is 1.20. The zero-order valence-electron chi connectivity index (χ0n) is 15.5. The zero-order chi connectivity index (χ0) is 19.4. The van der Waals surface area contributed by atoms with Crippen LogP contribution in [-0.4, -0.2) is 32.7 Å². The van der Waals surface area contributed by atoms with Crippen molar-refractivity contribution in [1.82, 2.24) is 0 Å². The molecule has 27 heavy (non-hydrogen) atoms. The number of amides is 1. The fourth-order valence-electron chi connectivity index (χ4n) is 3.20. The molecule has 0 spiro atoms. The van der Waals surface area contributed by atoms with Crippen molar-refractivity contribution < 1.29 is 17.9 Å². The molecule has 1 amide bonds. The molecule has 0 N–H and O–H groups in total. The minimum absolute atomic E-state index is 0.103. The van der Waals surface area contributed by atoms with Crippen LogP contribution >= 0.6 is 0 Å². The molecular formula is C21H23NO4S. The number of anilines is 1. The van der Waals surface area contributed by atoms with Crippen LogP contribution < -0.4 is 9.64 Å². The van der Waals surface area contributed by atoms with E-state index in [2.05, 4.69) is 0 Å². The lowest BCUT2D eigenvalue weighted by Gasteiger charge is -2.29. The molecule has 0 fully saturated rings. The molecule has 0 bridgehead atoms. The molecule has 0 aliphatic carbocycles. The first kappa shape index (κ1) is 19.2. The average Bonchev–Trinajstić information content (AvgIpc) is 3.02. The number of hydrogen-bond acceptors (Lipinski definition) is 4. The quantitative estimate of drug-likeness (QED) is 0.762. The fraction of sp³-hybridized carbons (Fsp3) is 0.286. The Labute approximate surface area is 160 Å². The molecule has 0 saturated carbocycles. The maximum atomic E-state index is 13.3. The minimum atomic E-state index is -3.29.